The summed E-state index contributed by atoms with van der Waals surface area (Å²) in [5, 5.41) is 3.90. The van der Waals surface area contributed by atoms with Crippen molar-refractivity contribution in [2.75, 3.05) is 10.0 Å². The topological polar surface area (TPSA) is 84.0 Å². The van der Waals surface area contributed by atoms with Gasteiger partial charge in [-0.25, -0.2) is 18.4 Å². The third-order valence-corrected chi connectivity index (χ3v) is 6.22. The van der Waals surface area contributed by atoms with E-state index < -0.39 is 10.0 Å². The largest absolute Gasteiger partial charge is 0.336 e. The number of aromatic nitrogens is 2. The van der Waals surface area contributed by atoms with E-state index >= 15 is 0 Å². The van der Waals surface area contributed by atoms with Crippen LogP contribution in [-0.2, 0) is 10.0 Å². The normalized spacial score (nSPS) is 11.4. The Bertz CT molecular complexity index is 1340. The van der Waals surface area contributed by atoms with Crippen LogP contribution in [-0.4, -0.2) is 18.4 Å². The quantitative estimate of drug-likeness (QED) is 0.395. The maximum Gasteiger partial charge on any atom is 0.263 e. The third kappa shape index (κ3) is 4.33. The predicted molar refractivity (Wildman–Crippen MR) is 121 cm³/mol. The number of fused-ring (bicyclic) bond motifs is 1. The number of halogens is 2. The summed E-state index contributed by atoms with van der Waals surface area (Å²) in [5.74, 6) is 0.272. The Morgan fingerprint density at radius 3 is 2.10 bits per heavy atom. The van der Waals surface area contributed by atoms with Crippen molar-refractivity contribution in [3.63, 3.8) is 0 Å². The zero-order chi connectivity index (χ0) is 21.3. The molecular formula is C21H16Cl2N4O2S. The highest BCUT2D eigenvalue weighted by molar-refractivity contribution is 7.92. The van der Waals surface area contributed by atoms with Gasteiger partial charge in [0.25, 0.3) is 10.0 Å². The molecular weight excluding hydrogens is 443 g/mol. The summed E-state index contributed by atoms with van der Waals surface area (Å²) in [6.07, 6.45) is 0. The van der Waals surface area contributed by atoms with Crippen molar-refractivity contribution >= 4 is 61.6 Å². The molecule has 30 heavy (non-hydrogen) atoms. The summed E-state index contributed by atoms with van der Waals surface area (Å²) < 4.78 is 28.4. The minimum atomic E-state index is -3.88. The number of rotatable bonds is 5. The Kier molecular flexibility index (Phi) is 5.51. The van der Waals surface area contributed by atoms with Gasteiger partial charge in [0.1, 0.15) is 0 Å². The molecule has 0 fully saturated rings. The zero-order valence-corrected chi connectivity index (χ0v) is 18.1. The fourth-order valence-electron chi connectivity index (χ4n) is 2.78. The van der Waals surface area contributed by atoms with Crippen LogP contribution in [0.1, 0.15) is 5.56 Å². The molecule has 0 amide bonds. The van der Waals surface area contributed by atoms with Crippen LogP contribution in [0, 0.1) is 6.92 Å². The third-order valence-electron chi connectivity index (χ3n) is 4.32. The predicted octanol–water partition coefficient (Wildman–Crippen LogP) is 5.79. The first-order chi connectivity index (χ1) is 14.3. The summed E-state index contributed by atoms with van der Waals surface area (Å²) in [7, 11) is -3.88. The van der Waals surface area contributed by atoms with Gasteiger partial charge in [0.15, 0.2) is 11.6 Å². The first-order valence-electron chi connectivity index (χ1n) is 8.90. The maximum atomic E-state index is 12.9. The first kappa shape index (κ1) is 20.4. The molecule has 4 aromatic rings. The Labute approximate surface area is 183 Å². The number of nitrogens with zero attached hydrogens (tertiary/aromatic N) is 2. The summed E-state index contributed by atoms with van der Waals surface area (Å²) in [5.41, 5.74) is 2.62. The van der Waals surface area contributed by atoms with Gasteiger partial charge in [-0.1, -0.05) is 53.0 Å². The van der Waals surface area contributed by atoms with Gasteiger partial charge in [-0.05, 0) is 49.4 Å². The van der Waals surface area contributed by atoms with Crippen LogP contribution >= 0.6 is 23.2 Å². The second-order valence-electron chi connectivity index (χ2n) is 6.58. The van der Waals surface area contributed by atoms with E-state index in [2.05, 4.69) is 20.0 Å². The second-order valence-corrected chi connectivity index (χ2v) is 9.10. The molecule has 0 unspecified atom stereocenters. The lowest BCUT2D eigenvalue weighted by atomic mass is 10.2. The van der Waals surface area contributed by atoms with Crippen molar-refractivity contribution < 1.29 is 8.42 Å². The van der Waals surface area contributed by atoms with Gasteiger partial charge in [-0.3, -0.25) is 4.72 Å². The van der Waals surface area contributed by atoms with Crippen molar-refractivity contribution in [1.29, 1.82) is 0 Å². The lowest BCUT2D eigenvalue weighted by molar-refractivity contribution is 0.601. The lowest BCUT2D eigenvalue weighted by Crippen LogP contribution is -2.16. The first-order valence-corrected chi connectivity index (χ1v) is 11.1. The number of para-hydroxylation sites is 2. The molecule has 0 aliphatic carbocycles. The molecule has 4 rings (SSSR count). The number of sulfonamides is 1. The highest BCUT2D eigenvalue weighted by Gasteiger charge is 2.19. The molecule has 9 heteroatoms. The van der Waals surface area contributed by atoms with E-state index in [1.54, 1.807) is 48.5 Å². The molecule has 0 spiro atoms. The van der Waals surface area contributed by atoms with E-state index in [1.165, 1.54) is 12.1 Å². The molecule has 152 valence electrons. The van der Waals surface area contributed by atoms with Crippen LogP contribution in [0.15, 0.2) is 71.6 Å². The summed E-state index contributed by atoms with van der Waals surface area (Å²) >= 11 is 12.2. The number of anilines is 3. The molecule has 3 aromatic carbocycles. The smallest absolute Gasteiger partial charge is 0.263 e. The Hall–Kier alpha value is -2.87. The van der Waals surface area contributed by atoms with Crippen molar-refractivity contribution in [3.8, 4) is 0 Å². The van der Waals surface area contributed by atoms with Crippen molar-refractivity contribution in [2.24, 2.45) is 0 Å². The molecule has 0 bridgehead atoms. The zero-order valence-electron chi connectivity index (χ0n) is 15.7. The highest BCUT2D eigenvalue weighted by atomic mass is 35.5. The van der Waals surface area contributed by atoms with Gasteiger partial charge >= 0.3 is 0 Å². The van der Waals surface area contributed by atoms with Crippen molar-refractivity contribution in [3.05, 3.63) is 82.3 Å². The van der Waals surface area contributed by atoms with E-state index in [9.17, 15) is 8.42 Å². The summed E-state index contributed by atoms with van der Waals surface area (Å²) in [6.45, 7) is 1.89. The number of hydrogen-bond acceptors (Lipinski definition) is 5. The van der Waals surface area contributed by atoms with E-state index in [0.29, 0.717) is 26.8 Å². The standard InChI is InChI=1S/C21H16Cl2N4O2S/c1-13-6-9-15(10-7-13)30(28,29)27-21-20(24-17-11-8-14(22)12-16(17)23)25-18-4-2-3-5-19(18)26-21/h2-12H,1H3,(H,24,25)(H,26,27). The van der Waals surface area contributed by atoms with E-state index in [-0.39, 0.29) is 16.5 Å². The molecule has 0 saturated heterocycles. The SMILES string of the molecule is Cc1ccc(S(=O)(=O)Nc2nc3ccccc3nc2Nc2ccc(Cl)cc2Cl)cc1. The van der Waals surface area contributed by atoms with Crippen LogP contribution in [0.4, 0.5) is 17.3 Å². The van der Waals surface area contributed by atoms with Crippen molar-refractivity contribution in [2.45, 2.75) is 11.8 Å². The van der Waals surface area contributed by atoms with Gasteiger partial charge < -0.3 is 5.32 Å². The van der Waals surface area contributed by atoms with Crippen LogP contribution in [0.5, 0.6) is 0 Å². The average Bonchev–Trinajstić information content (AvgIpc) is 2.70. The summed E-state index contributed by atoms with van der Waals surface area (Å²) in [4.78, 5) is 9.12. The Balaban J connectivity index is 1.79. The van der Waals surface area contributed by atoms with Gasteiger partial charge in [0.05, 0.1) is 26.6 Å². The average molecular weight is 459 g/mol. The Morgan fingerprint density at radius 1 is 0.833 bits per heavy atom. The van der Waals surface area contributed by atoms with Crippen LogP contribution < -0.4 is 10.0 Å². The molecule has 0 saturated carbocycles. The van der Waals surface area contributed by atoms with E-state index in [4.69, 9.17) is 23.2 Å². The maximum absolute atomic E-state index is 12.9. The van der Waals surface area contributed by atoms with Gasteiger partial charge in [-0.15, -0.1) is 0 Å². The lowest BCUT2D eigenvalue weighted by Gasteiger charge is -2.14. The number of hydrogen-bond donors (Lipinski definition) is 2. The van der Waals surface area contributed by atoms with E-state index in [0.717, 1.165) is 5.56 Å². The number of benzene rings is 3. The van der Waals surface area contributed by atoms with Gasteiger partial charge in [0.2, 0.25) is 0 Å². The molecule has 1 aromatic heterocycles. The second kappa shape index (κ2) is 8.10. The molecule has 0 aliphatic rings. The van der Waals surface area contributed by atoms with Crippen LogP contribution in [0.2, 0.25) is 10.0 Å². The number of nitrogens with one attached hydrogen (secondary N) is 2. The molecule has 2 N–H and O–H groups in total. The molecule has 0 aliphatic heterocycles. The minimum Gasteiger partial charge on any atom is -0.336 e. The van der Waals surface area contributed by atoms with Crippen LogP contribution in [0.3, 0.4) is 0 Å². The Morgan fingerprint density at radius 2 is 1.47 bits per heavy atom. The van der Waals surface area contributed by atoms with Gasteiger partial charge in [-0.2, -0.15) is 0 Å². The monoisotopic (exact) mass is 458 g/mol. The molecule has 0 atom stereocenters. The minimum absolute atomic E-state index is 0.0558. The highest BCUT2D eigenvalue weighted by Crippen LogP contribution is 2.31. The van der Waals surface area contributed by atoms with Crippen LogP contribution in [0.25, 0.3) is 11.0 Å². The fourth-order valence-corrected chi connectivity index (χ4v) is 4.25. The number of aryl methyl sites for hydroxylation is 1. The van der Waals surface area contributed by atoms with E-state index in [1.807, 2.05) is 13.0 Å². The molecule has 6 nitrogen and oxygen atoms in total. The molecule has 1 heterocycles. The fraction of sp³-hybridized carbons (Fsp3) is 0.0476. The molecule has 0 radical (unpaired) electrons. The van der Waals surface area contributed by atoms with Crippen molar-refractivity contribution in [1.82, 2.24) is 9.97 Å². The summed E-state index contributed by atoms with van der Waals surface area (Å²) in [6, 6.07) is 18.6. The van der Waals surface area contributed by atoms with Gasteiger partial charge in [0, 0.05) is 5.02 Å².